The molecule has 0 aliphatic rings. The first-order chi connectivity index (χ1) is 10.7. The number of methoxy groups -OCH3 is 1. The average molecular weight is 334 g/mol. The smallest absolute Gasteiger partial charge is 0.256 e. The van der Waals surface area contributed by atoms with Crippen molar-refractivity contribution in [1.82, 2.24) is 0 Å². The van der Waals surface area contributed by atoms with Gasteiger partial charge in [0.15, 0.2) is 0 Å². The molecule has 23 heavy (non-hydrogen) atoms. The molecule has 7 heteroatoms. The van der Waals surface area contributed by atoms with Crippen molar-refractivity contribution in [3.63, 3.8) is 0 Å². The summed E-state index contributed by atoms with van der Waals surface area (Å²) in [5.74, 6) is -0.0112. The van der Waals surface area contributed by atoms with Crippen LogP contribution in [0.2, 0.25) is 0 Å². The summed E-state index contributed by atoms with van der Waals surface area (Å²) in [6, 6.07) is 9.48. The molecule has 3 N–H and O–H groups in total. The molecule has 0 bridgehead atoms. The van der Waals surface area contributed by atoms with Crippen LogP contribution in [0.15, 0.2) is 41.3 Å². The molecule has 0 fully saturated rings. The topological polar surface area (TPSA) is 98.5 Å². The second-order valence-electron chi connectivity index (χ2n) is 5.18. The number of rotatable bonds is 4. The standard InChI is InChI=1S/C16H18N2O4S/c1-10-4-6-13(11(2)8-10)16(19)18-14-9-12(23(17,20)21)5-7-15(14)22-3/h4-9H,1-3H3,(H,18,19)(H2,17,20,21). The number of sulfonamides is 1. The molecule has 2 aromatic carbocycles. The zero-order valence-electron chi connectivity index (χ0n) is 13.1. The third kappa shape index (κ3) is 3.88. The van der Waals surface area contributed by atoms with Gasteiger partial charge in [-0.15, -0.1) is 0 Å². The van der Waals surface area contributed by atoms with Crippen molar-refractivity contribution < 1.29 is 17.9 Å². The summed E-state index contributed by atoms with van der Waals surface area (Å²) in [6.45, 7) is 3.77. The minimum absolute atomic E-state index is 0.103. The molecule has 6 nitrogen and oxygen atoms in total. The highest BCUT2D eigenvalue weighted by atomic mass is 32.2. The Balaban J connectivity index is 2.40. The van der Waals surface area contributed by atoms with E-state index in [9.17, 15) is 13.2 Å². The van der Waals surface area contributed by atoms with E-state index in [1.54, 1.807) is 6.07 Å². The molecule has 0 unspecified atom stereocenters. The van der Waals surface area contributed by atoms with Gasteiger partial charge in [-0.1, -0.05) is 17.7 Å². The fourth-order valence-corrected chi connectivity index (χ4v) is 2.76. The molecular weight excluding hydrogens is 316 g/mol. The van der Waals surface area contributed by atoms with Crippen molar-refractivity contribution in [2.75, 3.05) is 12.4 Å². The fourth-order valence-electron chi connectivity index (χ4n) is 2.22. The lowest BCUT2D eigenvalue weighted by molar-refractivity contribution is 0.102. The molecule has 0 saturated heterocycles. The van der Waals surface area contributed by atoms with Crippen LogP contribution < -0.4 is 15.2 Å². The number of ether oxygens (including phenoxy) is 1. The van der Waals surface area contributed by atoms with E-state index in [4.69, 9.17) is 9.88 Å². The zero-order valence-corrected chi connectivity index (χ0v) is 13.9. The highest BCUT2D eigenvalue weighted by Crippen LogP contribution is 2.28. The number of carbonyl (C=O) groups excluding carboxylic acids is 1. The third-order valence-electron chi connectivity index (χ3n) is 3.37. The average Bonchev–Trinajstić information content (AvgIpc) is 2.46. The van der Waals surface area contributed by atoms with Gasteiger partial charge in [-0.05, 0) is 43.7 Å². The number of benzene rings is 2. The van der Waals surface area contributed by atoms with Crippen LogP contribution in [0.3, 0.4) is 0 Å². The molecular formula is C16H18N2O4S. The van der Waals surface area contributed by atoms with E-state index in [-0.39, 0.29) is 16.5 Å². The first kappa shape index (κ1) is 17.0. The Morgan fingerprint density at radius 1 is 1.13 bits per heavy atom. The molecule has 2 rings (SSSR count). The van der Waals surface area contributed by atoms with Gasteiger partial charge in [-0.25, -0.2) is 13.6 Å². The maximum atomic E-state index is 12.4. The quantitative estimate of drug-likeness (QED) is 0.895. The Labute approximate surface area is 135 Å². The van der Waals surface area contributed by atoms with Gasteiger partial charge in [0.05, 0.1) is 17.7 Å². The van der Waals surface area contributed by atoms with Gasteiger partial charge in [0.1, 0.15) is 5.75 Å². The number of nitrogens with one attached hydrogen (secondary N) is 1. The highest BCUT2D eigenvalue weighted by molar-refractivity contribution is 7.89. The Bertz CT molecular complexity index is 860. The minimum atomic E-state index is -3.87. The lowest BCUT2D eigenvalue weighted by Crippen LogP contribution is -2.16. The second kappa shape index (κ2) is 6.39. The lowest BCUT2D eigenvalue weighted by Gasteiger charge is -2.13. The zero-order chi connectivity index (χ0) is 17.2. The molecule has 0 radical (unpaired) electrons. The van der Waals surface area contributed by atoms with E-state index in [0.717, 1.165) is 11.1 Å². The van der Waals surface area contributed by atoms with Crippen molar-refractivity contribution in [3.8, 4) is 5.75 Å². The largest absolute Gasteiger partial charge is 0.495 e. The van der Waals surface area contributed by atoms with Crippen molar-refractivity contribution in [2.24, 2.45) is 5.14 Å². The molecule has 122 valence electrons. The maximum Gasteiger partial charge on any atom is 0.256 e. The van der Waals surface area contributed by atoms with Crippen LogP contribution in [-0.2, 0) is 10.0 Å². The predicted molar refractivity (Wildman–Crippen MR) is 88.2 cm³/mol. The predicted octanol–water partition coefficient (Wildman–Crippen LogP) is 2.21. The summed E-state index contributed by atoms with van der Waals surface area (Å²) < 4.78 is 28.1. The Hall–Kier alpha value is -2.38. The minimum Gasteiger partial charge on any atom is -0.495 e. The van der Waals surface area contributed by atoms with Crippen molar-refractivity contribution in [3.05, 3.63) is 53.1 Å². The van der Waals surface area contributed by atoms with Crippen LogP contribution >= 0.6 is 0 Å². The molecule has 0 spiro atoms. The van der Waals surface area contributed by atoms with Gasteiger partial charge in [-0.3, -0.25) is 4.79 Å². The number of hydrogen-bond acceptors (Lipinski definition) is 4. The van der Waals surface area contributed by atoms with Crippen molar-refractivity contribution in [2.45, 2.75) is 18.7 Å². The van der Waals surface area contributed by atoms with E-state index in [0.29, 0.717) is 11.3 Å². The third-order valence-corrected chi connectivity index (χ3v) is 4.29. The van der Waals surface area contributed by atoms with E-state index in [1.807, 2.05) is 26.0 Å². The van der Waals surface area contributed by atoms with Crippen LogP contribution in [0.25, 0.3) is 0 Å². The summed E-state index contributed by atoms with van der Waals surface area (Å²) >= 11 is 0. The summed E-state index contributed by atoms with van der Waals surface area (Å²) in [6.07, 6.45) is 0. The van der Waals surface area contributed by atoms with Crippen LogP contribution in [0.1, 0.15) is 21.5 Å². The highest BCUT2D eigenvalue weighted by Gasteiger charge is 2.15. The Morgan fingerprint density at radius 3 is 2.39 bits per heavy atom. The van der Waals surface area contributed by atoms with Crippen molar-refractivity contribution >= 4 is 21.6 Å². The maximum absolute atomic E-state index is 12.4. The van der Waals surface area contributed by atoms with Gasteiger partial charge >= 0.3 is 0 Å². The first-order valence-electron chi connectivity index (χ1n) is 6.82. The SMILES string of the molecule is COc1ccc(S(N)(=O)=O)cc1NC(=O)c1ccc(C)cc1C. The van der Waals surface area contributed by atoms with Gasteiger partial charge < -0.3 is 10.1 Å². The van der Waals surface area contributed by atoms with E-state index >= 15 is 0 Å². The molecule has 0 atom stereocenters. The molecule has 0 heterocycles. The molecule has 0 aromatic heterocycles. The van der Waals surface area contributed by atoms with Crippen LogP contribution in [0.5, 0.6) is 5.75 Å². The summed E-state index contributed by atoms with van der Waals surface area (Å²) in [7, 11) is -2.44. The number of primary sulfonamides is 1. The number of hydrogen-bond donors (Lipinski definition) is 2. The monoisotopic (exact) mass is 334 g/mol. The van der Waals surface area contributed by atoms with Gasteiger partial charge in [0, 0.05) is 5.56 Å². The van der Waals surface area contributed by atoms with E-state index < -0.39 is 10.0 Å². The molecule has 0 aliphatic carbocycles. The van der Waals surface area contributed by atoms with Gasteiger partial charge in [0.2, 0.25) is 10.0 Å². The Kier molecular flexibility index (Phi) is 4.72. The Morgan fingerprint density at radius 2 is 1.83 bits per heavy atom. The van der Waals surface area contributed by atoms with Crippen LogP contribution in [-0.4, -0.2) is 21.4 Å². The van der Waals surface area contributed by atoms with E-state index in [1.165, 1.54) is 25.3 Å². The summed E-state index contributed by atoms with van der Waals surface area (Å²) in [5.41, 5.74) is 2.61. The van der Waals surface area contributed by atoms with Gasteiger partial charge in [0.25, 0.3) is 5.91 Å². The molecule has 0 aliphatic heterocycles. The second-order valence-corrected chi connectivity index (χ2v) is 6.74. The first-order valence-corrected chi connectivity index (χ1v) is 8.36. The molecule has 0 saturated carbocycles. The fraction of sp³-hybridized carbons (Fsp3) is 0.188. The number of carbonyl (C=O) groups is 1. The number of nitrogens with two attached hydrogens (primary N) is 1. The lowest BCUT2D eigenvalue weighted by atomic mass is 10.1. The van der Waals surface area contributed by atoms with Crippen LogP contribution in [0.4, 0.5) is 5.69 Å². The van der Waals surface area contributed by atoms with Crippen molar-refractivity contribution in [1.29, 1.82) is 0 Å². The molecule has 1 amide bonds. The number of anilines is 1. The van der Waals surface area contributed by atoms with Crippen LogP contribution in [0, 0.1) is 13.8 Å². The van der Waals surface area contributed by atoms with Gasteiger partial charge in [-0.2, -0.15) is 0 Å². The summed E-state index contributed by atoms with van der Waals surface area (Å²) in [5, 5.41) is 7.79. The normalized spacial score (nSPS) is 11.1. The summed E-state index contributed by atoms with van der Waals surface area (Å²) in [4.78, 5) is 12.3. The van der Waals surface area contributed by atoms with E-state index in [2.05, 4.69) is 5.32 Å². The number of aryl methyl sites for hydroxylation is 2. The number of amides is 1. The molecule has 2 aromatic rings.